The molecule has 18 heavy (non-hydrogen) atoms. The smallest absolute Gasteiger partial charge is 0.335 e. The Morgan fingerprint density at radius 3 is 2.61 bits per heavy atom. The third kappa shape index (κ3) is 1.64. The van der Waals surface area contributed by atoms with Crippen molar-refractivity contribution in [1.82, 2.24) is 4.98 Å². The minimum Gasteiger partial charge on any atom is -0.478 e. The minimum atomic E-state index is -0.934. The number of fused-ring (bicyclic) bond motifs is 1. The molecule has 0 radical (unpaired) electrons. The largest absolute Gasteiger partial charge is 0.478 e. The minimum absolute atomic E-state index is 0.262. The van der Waals surface area contributed by atoms with Crippen molar-refractivity contribution in [2.24, 2.45) is 0 Å². The second-order valence-electron chi connectivity index (χ2n) is 3.87. The van der Waals surface area contributed by atoms with E-state index in [4.69, 9.17) is 9.52 Å². The molecule has 4 heteroatoms. The van der Waals surface area contributed by atoms with Gasteiger partial charge < -0.3 is 9.52 Å². The lowest BCUT2D eigenvalue weighted by atomic mass is 10.1. The lowest BCUT2D eigenvalue weighted by molar-refractivity contribution is 0.0697. The lowest BCUT2D eigenvalue weighted by Crippen LogP contribution is -1.95. The van der Waals surface area contributed by atoms with Crippen LogP contribution in [0.3, 0.4) is 0 Å². The Morgan fingerprint density at radius 2 is 1.89 bits per heavy atom. The van der Waals surface area contributed by atoms with Crippen LogP contribution >= 0.6 is 0 Å². The number of rotatable bonds is 2. The van der Waals surface area contributed by atoms with Crippen LogP contribution in [-0.2, 0) is 0 Å². The van der Waals surface area contributed by atoms with Crippen LogP contribution in [0.4, 0.5) is 0 Å². The normalized spacial score (nSPS) is 10.7. The molecule has 0 aliphatic rings. The van der Waals surface area contributed by atoms with Crippen molar-refractivity contribution in [1.29, 1.82) is 0 Å². The van der Waals surface area contributed by atoms with E-state index in [2.05, 4.69) is 4.98 Å². The van der Waals surface area contributed by atoms with Crippen LogP contribution < -0.4 is 0 Å². The highest BCUT2D eigenvalue weighted by atomic mass is 16.4. The Kier molecular flexibility index (Phi) is 2.34. The zero-order valence-corrected chi connectivity index (χ0v) is 9.33. The second-order valence-corrected chi connectivity index (χ2v) is 3.87. The number of benzene rings is 1. The van der Waals surface area contributed by atoms with E-state index in [9.17, 15) is 4.79 Å². The van der Waals surface area contributed by atoms with Crippen molar-refractivity contribution in [3.63, 3.8) is 0 Å². The van der Waals surface area contributed by atoms with Crippen LogP contribution in [0.1, 0.15) is 10.4 Å². The van der Waals surface area contributed by atoms with E-state index in [1.165, 1.54) is 0 Å². The summed E-state index contributed by atoms with van der Waals surface area (Å²) in [6.07, 6.45) is 3.29. The van der Waals surface area contributed by atoms with Crippen molar-refractivity contribution < 1.29 is 14.3 Å². The van der Waals surface area contributed by atoms with Crippen molar-refractivity contribution in [3.8, 4) is 11.3 Å². The first-order valence-electron chi connectivity index (χ1n) is 5.41. The summed E-state index contributed by atoms with van der Waals surface area (Å²) in [5.74, 6) is -0.934. The molecule has 0 saturated carbocycles. The summed E-state index contributed by atoms with van der Waals surface area (Å²) in [7, 11) is 0. The van der Waals surface area contributed by atoms with Crippen LogP contribution in [0.15, 0.2) is 53.3 Å². The predicted octanol–water partition coefficient (Wildman–Crippen LogP) is 3.19. The summed E-state index contributed by atoms with van der Waals surface area (Å²) in [5.41, 5.74) is 2.69. The van der Waals surface area contributed by atoms with Gasteiger partial charge in [0.1, 0.15) is 5.58 Å². The number of pyridine rings is 1. The quantitative estimate of drug-likeness (QED) is 0.745. The van der Waals surface area contributed by atoms with Gasteiger partial charge in [0.25, 0.3) is 0 Å². The number of carboxylic acids is 1. The SMILES string of the molecule is O=C(O)c1ccc(-c2nccc3occc23)cc1. The van der Waals surface area contributed by atoms with Gasteiger partial charge in [0.2, 0.25) is 0 Å². The summed E-state index contributed by atoms with van der Waals surface area (Å²) >= 11 is 0. The number of carbonyl (C=O) groups is 1. The van der Waals surface area contributed by atoms with Gasteiger partial charge in [0.05, 0.1) is 17.5 Å². The maximum Gasteiger partial charge on any atom is 0.335 e. The molecular formula is C14H9NO3. The molecule has 3 aromatic rings. The summed E-state index contributed by atoms with van der Waals surface area (Å²) in [4.78, 5) is 15.1. The molecule has 2 aromatic heterocycles. The monoisotopic (exact) mass is 239 g/mol. The second kappa shape index (κ2) is 4.00. The number of aromatic carboxylic acids is 1. The molecule has 2 heterocycles. The molecule has 0 spiro atoms. The van der Waals surface area contributed by atoms with Crippen LogP contribution in [0, 0.1) is 0 Å². The first kappa shape index (κ1) is 10.5. The fourth-order valence-electron chi connectivity index (χ4n) is 1.90. The number of furan rings is 1. The van der Waals surface area contributed by atoms with Crippen LogP contribution in [0.5, 0.6) is 0 Å². The van der Waals surface area contributed by atoms with E-state index in [-0.39, 0.29) is 5.56 Å². The van der Waals surface area contributed by atoms with Crippen molar-refractivity contribution in [2.75, 3.05) is 0 Å². The van der Waals surface area contributed by atoms with Crippen LogP contribution in [0.25, 0.3) is 22.2 Å². The molecule has 0 unspecified atom stereocenters. The highest BCUT2D eigenvalue weighted by molar-refractivity contribution is 5.93. The van der Waals surface area contributed by atoms with E-state index >= 15 is 0 Å². The zero-order chi connectivity index (χ0) is 12.5. The average molecular weight is 239 g/mol. The van der Waals surface area contributed by atoms with Crippen LogP contribution in [-0.4, -0.2) is 16.1 Å². The fourth-order valence-corrected chi connectivity index (χ4v) is 1.90. The average Bonchev–Trinajstić information content (AvgIpc) is 2.87. The van der Waals surface area contributed by atoms with Crippen molar-refractivity contribution >= 4 is 16.9 Å². The summed E-state index contributed by atoms with van der Waals surface area (Å²) < 4.78 is 5.31. The van der Waals surface area contributed by atoms with Gasteiger partial charge in [-0.3, -0.25) is 4.98 Å². The highest BCUT2D eigenvalue weighted by Crippen LogP contribution is 2.27. The highest BCUT2D eigenvalue weighted by Gasteiger charge is 2.08. The van der Waals surface area contributed by atoms with Gasteiger partial charge in [-0.25, -0.2) is 4.79 Å². The number of hydrogen-bond donors (Lipinski definition) is 1. The maximum atomic E-state index is 10.8. The van der Waals surface area contributed by atoms with Gasteiger partial charge in [-0.05, 0) is 24.3 Å². The zero-order valence-electron chi connectivity index (χ0n) is 9.33. The summed E-state index contributed by atoms with van der Waals surface area (Å²) in [5, 5.41) is 9.77. The lowest BCUT2D eigenvalue weighted by Gasteiger charge is -2.02. The first-order valence-corrected chi connectivity index (χ1v) is 5.41. The topological polar surface area (TPSA) is 63.3 Å². The molecular weight excluding hydrogens is 230 g/mol. The Bertz CT molecular complexity index is 713. The molecule has 0 bridgehead atoms. The van der Waals surface area contributed by atoms with E-state index in [1.54, 1.807) is 42.8 Å². The molecule has 0 aliphatic carbocycles. The maximum absolute atomic E-state index is 10.8. The molecule has 1 N–H and O–H groups in total. The molecule has 3 rings (SSSR count). The number of carboxylic acid groups (broad SMARTS) is 1. The molecule has 4 nitrogen and oxygen atoms in total. The standard InChI is InChI=1S/C14H9NO3/c16-14(17)10-3-1-9(2-4-10)13-11-6-8-18-12(11)5-7-15-13/h1-8H,(H,16,17). The Balaban J connectivity index is 2.14. The van der Waals surface area contributed by atoms with Crippen molar-refractivity contribution in [3.05, 3.63) is 54.4 Å². The molecule has 0 fully saturated rings. The third-order valence-corrected chi connectivity index (χ3v) is 2.79. The molecule has 0 atom stereocenters. The Hall–Kier alpha value is -2.62. The Morgan fingerprint density at radius 1 is 1.11 bits per heavy atom. The van der Waals surface area contributed by atoms with Gasteiger partial charge in [-0.2, -0.15) is 0 Å². The first-order chi connectivity index (χ1) is 8.75. The third-order valence-electron chi connectivity index (χ3n) is 2.79. The van der Waals surface area contributed by atoms with Gasteiger partial charge in [0.15, 0.2) is 0 Å². The molecule has 0 amide bonds. The number of hydrogen-bond acceptors (Lipinski definition) is 3. The summed E-state index contributed by atoms with van der Waals surface area (Å²) in [6, 6.07) is 10.3. The fraction of sp³-hybridized carbons (Fsp3) is 0. The number of aromatic nitrogens is 1. The van der Waals surface area contributed by atoms with Gasteiger partial charge in [-0.15, -0.1) is 0 Å². The van der Waals surface area contributed by atoms with Gasteiger partial charge in [-0.1, -0.05) is 12.1 Å². The Labute approximate surface area is 103 Å². The molecule has 1 aromatic carbocycles. The molecule has 88 valence electrons. The molecule has 0 aliphatic heterocycles. The van der Waals surface area contributed by atoms with Gasteiger partial charge >= 0.3 is 5.97 Å². The molecule has 0 saturated heterocycles. The van der Waals surface area contributed by atoms with E-state index in [0.717, 1.165) is 22.2 Å². The van der Waals surface area contributed by atoms with E-state index in [0.29, 0.717) is 0 Å². The van der Waals surface area contributed by atoms with E-state index < -0.39 is 5.97 Å². The summed E-state index contributed by atoms with van der Waals surface area (Å²) in [6.45, 7) is 0. The van der Waals surface area contributed by atoms with Gasteiger partial charge in [0, 0.05) is 17.1 Å². The van der Waals surface area contributed by atoms with Crippen molar-refractivity contribution in [2.45, 2.75) is 0 Å². The predicted molar refractivity (Wildman–Crippen MR) is 66.4 cm³/mol. The van der Waals surface area contributed by atoms with Crippen LogP contribution in [0.2, 0.25) is 0 Å². The van der Waals surface area contributed by atoms with E-state index in [1.807, 2.05) is 6.07 Å². The number of nitrogens with zero attached hydrogens (tertiary/aromatic N) is 1.